The lowest BCUT2D eigenvalue weighted by atomic mass is 10.1. The molecule has 0 saturated carbocycles. The molecule has 106 valence electrons. The van der Waals surface area contributed by atoms with Crippen molar-refractivity contribution in [2.45, 2.75) is 19.8 Å². The molecule has 0 aromatic carbocycles. The van der Waals surface area contributed by atoms with E-state index in [0.717, 1.165) is 43.4 Å². The van der Waals surface area contributed by atoms with Crippen LogP contribution in [0.5, 0.6) is 0 Å². The number of halogens is 1. The van der Waals surface area contributed by atoms with Crippen LogP contribution in [0.1, 0.15) is 19.8 Å². The third kappa shape index (κ3) is 4.42. The molecular formula is C14H23BrN4. The van der Waals surface area contributed by atoms with Crippen molar-refractivity contribution in [1.29, 1.82) is 0 Å². The second-order valence-corrected chi connectivity index (χ2v) is 5.79. The monoisotopic (exact) mass is 326 g/mol. The van der Waals surface area contributed by atoms with Crippen molar-refractivity contribution >= 4 is 21.9 Å². The molecule has 1 aliphatic heterocycles. The fourth-order valence-corrected chi connectivity index (χ4v) is 3.10. The quantitative estimate of drug-likeness (QED) is 0.751. The summed E-state index contributed by atoms with van der Waals surface area (Å²) in [6, 6.07) is 1.87. The van der Waals surface area contributed by atoms with Crippen LogP contribution in [0.4, 0.5) is 5.95 Å². The van der Waals surface area contributed by atoms with E-state index in [4.69, 9.17) is 0 Å². The molecule has 19 heavy (non-hydrogen) atoms. The zero-order valence-electron chi connectivity index (χ0n) is 11.6. The van der Waals surface area contributed by atoms with E-state index in [2.05, 4.69) is 42.6 Å². The van der Waals surface area contributed by atoms with Crippen LogP contribution in [0.3, 0.4) is 0 Å². The molecule has 1 unspecified atom stereocenters. The topological polar surface area (TPSA) is 32.3 Å². The van der Waals surface area contributed by atoms with Gasteiger partial charge in [0.25, 0.3) is 0 Å². The molecule has 1 aliphatic rings. The Kier molecular flexibility index (Phi) is 6.04. The van der Waals surface area contributed by atoms with Crippen LogP contribution in [0.25, 0.3) is 0 Å². The largest absolute Gasteiger partial charge is 0.338 e. The molecule has 1 fully saturated rings. The van der Waals surface area contributed by atoms with Gasteiger partial charge < -0.3 is 4.90 Å². The number of nitrogens with zero attached hydrogens (tertiary/aromatic N) is 4. The van der Waals surface area contributed by atoms with Crippen molar-refractivity contribution in [2.75, 3.05) is 43.0 Å². The highest BCUT2D eigenvalue weighted by Gasteiger charge is 2.20. The normalized spacial score (nSPS) is 18.5. The third-order valence-corrected chi connectivity index (χ3v) is 4.55. The van der Waals surface area contributed by atoms with Crippen LogP contribution in [0.2, 0.25) is 0 Å². The van der Waals surface area contributed by atoms with Crippen molar-refractivity contribution < 1.29 is 0 Å². The average Bonchev–Trinajstić information content (AvgIpc) is 2.48. The molecule has 4 nitrogen and oxygen atoms in total. The summed E-state index contributed by atoms with van der Waals surface area (Å²) in [5, 5.41) is 1.11. The Hall–Kier alpha value is -0.680. The van der Waals surface area contributed by atoms with E-state index in [1.165, 1.54) is 19.4 Å². The van der Waals surface area contributed by atoms with Gasteiger partial charge in [-0.3, -0.25) is 4.90 Å². The maximum atomic E-state index is 4.32. The SMILES string of the molecule is CCCC(CBr)CN1CCN(c2ncccn2)CC1. The van der Waals surface area contributed by atoms with E-state index in [1.807, 2.05) is 18.5 Å². The summed E-state index contributed by atoms with van der Waals surface area (Å²) in [7, 11) is 0. The first kappa shape index (κ1) is 14.7. The molecular weight excluding hydrogens is 304 g/mol. The van der Waals surface area contributed by atoms with Gasteiger partial charge in [0.15, 0.2) is 0 Å². The Labute approximate surface area is 124 Å². The Morgan fingerprint density at radius 2 is 1.89 bits per heavy atom. The van der Waals surface area contributed by atoms with Crippen LogP contribution >= 0.6 is 15.9 Å². The first-order valence-electron chi connectivity index (χ1n) is 7.13. The van der Waals surface area contributed by atoms with Gasteiger partial charge in [-0.2, -0.15) is 0 Å². The standard InChI is InChI=1S/C14H23BrN4/c1-2-4-13(11-15)12-18-7-9-19(10-8-18)14-16-5-3-6-17-14/h3,5-6,13H,2,4,7-12H2,1H3. The second-order valence-electron chi connectivity index (χ2n) is 5.15. The Bertz CT molecular complexity index is 352. The van der Waals surface area contributed by atoms with Gasteiger partial charge in [-0.25, -0.2) is 9.97 Å². The number of anilines is 1. The number of piperazine rings is 1. The molecule has 2 heterocycles. The molecule has 0 bridgehead atoms. The Balaban J connectivity index is 1.79. The van der Waals surface area contributed by atoms with Crippen LogP contribution in [0.15, 0.2) is 18.5 Å². The lowest BCUT2D eigenvalue weighted by molar-refractivity contribution is 0.221. The molecule has 1 atom stereocenters. The first-order chi connectivity index (χ1) is 9.33. The summed E-state index contributed by atoms with van der Waals surface area (Å²) >= 11 is 3.64. The fraction of sp³-hybridized carbons (Fsp3) is 0.714. The first-order valence-corrected chi connectivity index (χ1v) is 8.26. The van der Waals surface area contributed by atoms with Gasteiger partial charge in [0.1, 0.15) is 0 Å². The van der Waals surface area contributed by atoms with Crippen LogP contribution < -0.4 is 4.90 Å². The molecule has 1 aromatic heterocycles. The predicted molar refractivity (Wildman–Crippen MR) is 82.9 cm³/mol. The summed E-state index contributed by atoms with van der Waals surface area (Å²) in [6.07, 6.45) is 6.22. The highest BCUT2D eigenvalue weighted by molar-refractivity contribution is 9.09. The van der Waals surface area contributed by atoms with Crippen LogP contribution in [0, 0.1) is 5.92 Å². The Morgan fingerprint density at radius 3 is 2.47 bits per heavy atom. The minimum atomic E-state index is 0.782. The van der Waals surface area contributed by atoms with Crippen molar-refractivity contribution in [3.05, 3.63) is 18.5 Å². The minimum absolute atomic E-state index is 0.782. The second kappa shape index (κ2) is 7.80. The maximum absolute atomic E-state index is 4.32. The number of aromatic nitrogens is 2. The summed E-state index contributed by atoms with van der Waals surface area (Å²) in [5.41, 5.74) is 0. The molecule has 2 rings (SSSR count). The van der Waals surface area contributed by atoms with Gasteiger partial charge in [-0.1, -0.05) is 29.3 Å². The van der Waals surface area contributed by atoms with E-state index in [9.17, 15) is 0 Å². The van der Waals surface area contributed by atoms with E-state index in [1.54, 1.807) is 0 Å². The van der Waals surface area contributed by atoms with Crippen molar-refractivity contribution in [2.24, 2.45) is 5.92 Å². The molecule has 0 N–H and O–H groups in total. The van der Waals surface area contributed by atoms with Gasteiger partial charge in [-0.05, 0) is 18.4 Å². The van der Waals surface area contributed by atoms with Gasteiger partial charge in [0.05, 0.1) is 0 Å². The van der Waals surface area contributed by atoms with E-state index in [0.29, 0.717) is 0 Å². The maximum Gasteiger partial charge on any atom is 0.225 e. The zero-order valence-corrected chi connectivity index (χ0v) is 13.2. The van der Waals surface area contributed by atoms with E-state index in [-0.39, 0.29) is 0 Å². The lowest BCUT2D eigenvalue weighted by Crippen LogP contribution is -2.48. The number of rotatable bonds is 6. The third-order valence-electron chi connectivity index (χ3n) is 3.64. The van der Waals surface area contributed by atoms with Crippen LogP contribution in [-0.2, 0) is 0 Å². The van der Waals surface area contributed by atoms with E-state index >= 15 is 0 Å². The molecule has 0 spiro atoms. The summed E-state index contributed by atoms with van der Waals surface area (Å²) in [6.45, 7) is 7.77. The van der Waals surface area contributed by atoms with Crippen molar-refractivity contribution in [3.63, 3.8) is 0 Å². The fourth-order valence-electron chi connectivity index (χ4n) is 2.58. The van der Waals surface area contributed by atoms with Crippen molar-refractivity contribution in [3.8, 4) is 0 Å². The van der Waals surface area contributed by atoms with Gasteiger partial charge in [0, 0.05) is 50.4 Å². The number of hydrogen-bond donors (Lipinski definition) is 0. The zero-order chi connectivity index (χ0) is 13.5. The van der Waals surface area contributed by atoms with E-state index < -0.39 is 0 Å². The average molecular weight is 327 g/mol. The van der Waals surface area contributed by atoms with Gasteiger partial charge in [0.2, 0.25) is 5.95 Å². The van der Waals surface area contributed by atoms with Crippen LogP contribution in [-0.4, -0.2) is 52.9 Å². The predicted octanol–water partition coefficient (Wildman–Crippen LogP) is 2.41. The molecule has 0 aliphatic carbocycles. The summed E-state index contributed by atoms with van der Waals surface area (Å²) < 4.78 is 0. The van der Waals surface area contributed by atoms with Gasteiger partial charge >= 0.3 is 0 Å². The molecule has 1 aromatic rings. The Morgan fingerprint density at radius 1 is 1.21 bits per heavy atom. The molecule has 0 amide bonds. The van der Waals surface area contributed by atoms with Gasteiger partial charge in [-0.15, -0.1) is 0 Å². The smallest absolute Gasteiger partial charge is 0.225 e. The number of hydrogen-bond acceptors (Lipinski definition) is 4. The molecule has 1 saturated heterocycles. The molecule has 0 radical (unpaired) electrons. The lowest BCUT2D eigenvalue weighted by Gasteiger charge is -2.36. The molecule has 5 heteroatoms. The summed E-state index contributed by atoms with van der Waals surface area (Å²) in [5.74, 6) is 1.65. The number of alkyl halides is 1. The highest BCUT2D eigenvalue weighted by atomic mass is 79.9. The summed E-state index contributed by atoms with van der Waals surface area (Å²) in [4.78, 5) is 13.5. The highest BCUT2D eigenvalue weighted by Crippen LogP contribution is 2.15. The van der Waals surface area contributed by atoms with Crippen molar-refractivity contribution in [1.82, 2.24) is 14.9 Å². The minimum Gasteiger partial charge on any atom is -0.338 e.